The van der Waals surface area contributed by atoms with E-state index in [2.05, 4.69) is 19.0 Å². The van der Waals surface area contributed by atoms with Crippen molar-refractivity contribution in [3.05, 3.63) is 29.6 Å². The van der Waals surface area contributed by atoms with Crippen LogP contribution < -0.4 is 20.1 Å². The standard InChI is InChI=1S/C20H30FN5O4S2/c1-20(2,11-14-6-7-16(10-17(14)21)32(22,28)29)23-12-15(27)13-30-19-18(24-31-25-19)26-8-4-3-5-9-26/h6-7,10,15,23,27H,3-5,8-9,11-13H2,1-2H3,(H2,22,28,29)/t15-/m0/s1. The molecule has 1 saturated heterocycles. The van der Waals surface area contributed by atoms with Gasteiger partial charge in [-0.1, -0.05) is 6.07 Å². The molecule has 2 heterocycles. The molecule has 32 heavy (non-hydrogen) atoms. The summed E-state index contributed by atoms with van der Waals surface area (Å²) in [5.74, 6) is 0.525. The van der Waals surface area contributed by atoms with Crippen LogP contribution in [0.5, 0.6) is 5.88 Å². The Morgan fingerprint density at radius 1 is 1.31 bits per heavy atom. The fraction of sp³-hybridized carbons (Fsp3) is 0.600. The van der Waals surface area contributed by atoms with E-state index >= 15 is 0 Å². The summed E-state index contributed by atoms with van der Waals surface area (Å²) in [6, 6.07) is 3.62. The van der Waals surface area contributed by atoms with E-state index in [9.17, 15) is 17.9 Å². The van der Waals surface area contributed by atoms with Crippen LogP contribution in [0, 0.1) is 5.82 Å². The molecule has 0 amide bonds. The number of nitrogens with zero attached hydrogens (tertiary/aromatic N) is 3. The number of aliphatic hydroxyl groups is 1. The second-order valence-electron chi connectivity index (χ2n) is 8.65. The molecule has 0 saturated carbocycles. The number of aliphatic hydroxyl groups excluding tert-OH is 1. The van der Waals surface area contributed by atoms with E-state index in [0.717, 1.165) is 49.5 Å². The molecule has 0 radical (unpaired) electrons. The van der Waals surface area contributed by atoms with E-state index in [0.29, 0.717) is 11.4 Å². The van der Waals surface area contributed by atoms with E-state index in [4.69, 9.17) is 9.88 Å². The Morgan fingerprint density at radius 3 is 2.69 bits per heavy atom. The average Bonchev–Trinajstić information content (AvgIpc) is 3.21. The molecule has 4 N–H and O–H groups in total. The summed E-state index contributed by atoms with van der Waals surface area (Å²) in [5.41, 5.74) is -0.216. The summed E-state index contributed by atoms with van der Waals surface area (Å²) in [5, 5.41) is 18.6. The smallest absolute Gasteiger partial charge is 0.270 e. The second-order valence-corrected chi connectivity index (χ2v) is 10.7. The number of β-amino-alcohol motifs (C(OH)–C–C–N with tert-alkyl or cyclic N) is 1. The van der Waals surface area contributed by atoms with Crippen molar-refractivity contribution >= 4 is 27.6 Å². The van der Waals surface area contributed by atoms with E-state index in [1.807, 2.05) is 13.8 Å². The normalized spacial score (nSPS) is 16.2. The van der Waals surface area contributed by atoms with Gasteiger partial charge < -0.3 is 20.1 Å². The Balaban J connectivity index is 1.50. The molecule has 0 bridgehead atoms. The van der Waals surface area contributed by atoms with Gasteiger partial charge in [0, 0.05) is 25.2 Å². The van der Waals surface area contributed by atoms with Gasteiger partial charge in [-0.15, -0.1) is 4.37 Å². The minimum atomic E-state index is -3.96. The molecule has 0 unspecified atom stereocenters. The number of benzene rings is 1. The first kappa shape index (κ1) is 24.8. The van der Waals surface area contributed by atoms with Gasteiger partial charge in [0.05, 0.1) is 16.6 Å². The minimum absolute atomic E-state index is 0.0484. The van der Waals surface area contributed by atoms with Crippen LogP contribution in [-0.2, 0) is 16.4 Å². The molecule has 0 aliphatic carbocycles. The molecule has 1 fully saturated rings. The molecule has 0 spiro atoms. The molecule has 1 aliphatic heterocycles. The molecule has 178 valence electrons. The maximum atomic E-state index is 14.3. The van der Waals surface area contributed by atoms with Crippen LogP contribution in [0.15, 0.2) is 23.1 Å². The van der Waals surface area contributed by atoms with Crippen molar-refractivity contribution < 1.29 is 22.7 Å². The number of hydrogen-bond acceptors (Lipinski definition) is 9. The third kappa shape index (κ3) is 6.82. The zero-order chi connectivity index (χ0) is 23.4. The zero-order valence-electron chi connectivity index (χ0n) is 18.3. The highest BCUT2D eigenvalue weighted by atomic mass is 32.2. The van der Waals surface area contributed by atoms with Crippen LogP contribution in [0.1, 0.15) is 38.7 Å². The first-order valence-corrected chi connectivity index (χ1v) is 12.8. The van der Waals surface area contributed by atoms with Crippen LogP contribution in [0.25, 0.3) is 0 Å². The SMILES string of the molecule is CC(C)(Cc1ccc(S(N)(=O)=O)cc1F)NC[C@H](O)COc1nsnc1N1CCCCC1. The van der Waals surface area contributed by atoms with Gasteiger partial charge in [-0.3, -0.25) is 0 Å². The lowest BCUT2D eigenvalue weighted by Gasteiger charge is -2.28. The average molecular weight is 488 g/mol. The van der Waals surface area contributed by atoms with Gasteiger partial charge >= 0.3 is 0 Å². The summed E-state index contributed by atoms with van der Waals surface area (Å²) >= 11 is 1.09. The number of primary sulfonamides is 1. The molecule has 1 aromatic heterocycles. The highest BCUT2D eigenvalue weighted by molar-refractivity contribution is 7.89. The molecule has 3 rings (SSSR count). The molecule has 9 nitrogen and oxygen atoms in total. The lowest BCUT2D eigenvalue weighted by Crippen LogP contribution is -2.46. The van der Waals surface area contributed by atoms with Crippen molar-refractivity contribution in [2.45, 2.75) is 56.1 Å². The Kier molecular flexibility index (Phi) is 8.04. The van der Waals surface area contributed by atoms with Crippen LogP contribution in [0.2, 0.25) is 0 Å². The first-order valence-electron chi connectivity index (χ1n) is 10.5. The number of anilines is 1. The minimum Gasteiger partial charge on any atom is -0.472 e. The van der Waals surface area contributed by atoms with Gasteiger partial charge in [0.25, 0.3) is 5.88 Å². The van der Waals surface area contributed by atoms with E-state index in [1.54, 1.807) is 0 Å². The highest BCUT2D eigenvalue weighted by Crippen LogP contribution is 2.28. The van der Waals surface area contributed by atoms with Crippen LogP contribution in [0.3, 0.4) is 0 Å². The molecular formula is C20H30FN5O4S2. The lowest BCUT2D eigenvalue weighted by atomic mass is 9.94. The number of hydrogen-bond donors (Lipinski definition) is 3. The topological polar surface area (TPSA) is 131 Å². The molecule has 1 aliphatic rings. The first-order chi connectivity index (χ1) is 15.0. The number of ether oxygens (including phenoxy) is 1. The number of halogens is 1. The quantitative estimate of drug-likeness (QED) is 0.461. The van der Waals surface area contributed by atoms with E-state index < -0.39 is 27.5 Å². The number of sulfonamides is 1. The molecule has 2 aromatic rings. The largest absolute Gasteiger partial charge is 0.472 e. The second kappa shape index (κ2) is 10.4. The maximum absolute atomic E-state index is 14.3. The van der Waals surface area contributed by atoms with Crippen molar-refractivity contribution in [3.63, 3.8) is 0 Å². The molecule has 1 atom stereocenters. The number of piperidine rings is 1. The summed E-state index contributed by atoms with van der Waals surface area (Å²) in [7, 11) is -3.96. The van der Waals surface area contributed by atoms with Gasteiger partial charge in [-0.2, -0.15) is 4.37 Å². The van der Waals surface area contributed by atoms with Crippen molar-refractivity contribution in [1.29, 1.82) is 0 Å². The third-order valence-electron chi connectivity index (χ3n) is 5.31. The Bertz CT molecular complexity index is 1010. The van der Waals surface area contributed by atoms with E-state index in [-0.39, 0.29) is 24.5 Å². The molecule has 1 aromatic carbocycles. The fourth-order valence-corrected chi connectivity index (χ4v) is 4.63. The Morgan fingerprint density at radius 2 is 2.03 bits per heavy atom. The zero-order valence-corrected chi connectivity index (χ0v) is 19.9. The van der Waals surface area contributed by atoms with Crippen molar-refractivity contribution in [3.8, 4) is 5.88 Å². The number of aromatic nitrogens is 2. The number of nitrogens with two attached hydrogens (primary N) is 1. The van der Waals surface area contributed by atoms with Gasteiger partial charge in [0.1, 0.15) is 18.5 Å². The van der Waals surface area contributed by atoms with Crippen LogP contribution >= 0.6 is 11.7 Å². The highest BCUT2D eigenvalue weighted by Gasteiger charge is 2.24. The van der Waals surface area contributed by atoms with Crippen molar-refractivity contribution in [2.75, 3.05) is 31.1 Å². The Labute approximate surface area is 192 Å². The predicted molar refractivity (Wildman–Crippen MR) is 121 cm³/mol. The van der Waals surface area contributed by atoms with Crippen LogP contribution in [0.4, 0.5) is 10.2 Å². The fourth-order valence-electron chi connectivity index (χ4n) is 3.58. The van der Waals surface area contributed by atoms with Gasteiger partial charge in [-0.25, -0.2) is 17.9 Å². The van der Waals surface area contributed by atoms with Crippen molar-refractivity contribution in [2.24, 2.45) is 5.14 Å². The number of rotatable bonds is 10. The third-order valence-corrected chi connectivity index (χ3v) is 6.73. The predicted octanol–water partition coefficient (Wildman–Crippen LogP) is 1.67. The van der Waals surface area contributed by atoms with Gasteiger partial charge in [0.15, 0.2) is 0 Å². The number of nitrogens with one attached hydrogen (secondary N) is 1. The van der Waals surface area contributed by atoms with Gasteiger partial charge in [-0.05, 0) is 57.2 Å². The summed E-state index contributed by atoms with van der Waals surface area (Å²) in [6.07, 6.45) is 2.92. The van der Waals surface area contributed by atoms with Gasteiger partial charge in [0.2, 0.25) is 15.8 Å². The molecular weight excluding hydrogens is 457 g/mol. The van der Waals surface area contributed by atoms with Crippen LogP contribution in [-0.4, -0.2) is 60.2 Å². The maximum Gasteiger partial charge on any atom is 0.270 e. The van der Waals surface area contributed by atoms with E-state index in [1.165, 1.54) is 18.6 Å². The lowest BCUT2D eigenvalue weighted by molar-refractivity contribution is 0.0971. The summed E-state index contributed by atoms with van der Waals surface area (Å²) < 4.78 is 51.3. The summed E-state index contributed by atoms with van der Waals surface area (Å²) in [6.45, 7) is 5.86. The van der Waals surface area contributed by atoms with Crippen molar-refractivity contribution in [1.82, 2.24) is 14.1 Å². The monoisotopic (exact) mass is 487 g/mol. The molecule has 12 heteroatoms. The summed E-state index contributed by atoms with van der Waals surface area (Å²) in [4.78, 5) is 1.89. The Hall–Kier alpha value is -1.86.